The van der Waals surface area contributed by atoms with Crippen LogP contribution in [0, 0.1) is 6.92 Å². The van der Waals surface area contributed by atoms with Gasteiger partial charge in [0.25, 0.3) is 0 Å². The summed E-state index contributed by atoms with van der Waals surface area (Å²) in [5, 5.41) is 0. The first-order valence-corrected chi connectivity index (χ1v) is 10.5. The summed E-state index contributed by atoms with van der Waals surface area (Å²) in [5.41, 5.74) is 0.661. The number of nitrogens with zero attached hydrogens (tertiary/aromatic N) is 6. The molecule has 0 atom stereocenters. The molecule has 1 saturated carbocycles. The van der Waals surface area contributed by atoms with Gasteiger partial charge in [-0.25, -0.2) is 14.8 Å². The number of carbonyl (C=O) groups is 1. The van der Waals surface area contributed by atoms with Crippen LogP contribution in [-0.4, -0.2) is 59.8 Å². The van der Waals surface area contributed by atoms with Crippen LogP contribution in [0.15, 0.2) is 11.2 Å². The van der Waals surface area contributed by atoms with E-state index in [-0.39, 0.29) is 6.03 Å². The lowest BCUT2D eigenvalue weighted by atomic mass is 10.2. The molecule has 28 heavy (non-hydrogen) atoms. The highest BCUT2D eigenvalue weighted by molar-refractivity contribution is 5.94. The van der Waals surface area contributed by atoms with E-state index in [4.69, 9.17) is 0 Å². The van der Waals surface area contributed by atoms with Crippen LogP contribution in [0.25, 0.3) is 0 Å². The number of anilines is 2. The Morgan fingerprint density at radius 3 is 2.50 bits per heavy atom. The topological polar surface area (TPSA) is 64.9 Å². The molecule has 0 unspecified atom stereocenters. The average molecular weight is 388 g/mol. The van der Waals surface area contributed by atoms with E-state index in [1.165, 1.54) is 12.8 Å². The number of aliphatic imine (C=N–C) groups is 1. The van der Waals surface area contributed by atoms with Crippen molar-refractivity contribution in [1.82, 2.24) is 14.9 Å². The van der Waals surface area contributed by atoms with Crippen LogP contribution in [-0.2, 0) is 0 Å². The average Bonchev–Trinajstić information content (AvgIpc) is 3.25. The summed E-state index contributed by atoms with van der Waals surface area (Å²) in [6, 6.07) is 0.303. The van der Waals surface area contributed by atoms with Crippen LogP contribution in [0.2, 0.25) is 0 Å². The molecule has 1 heterocycles. The van der Waals surface area contributed by atoms with E-state index >= 15 is 0 Å². The fraction of sp³-hybridized carbons (Fsp3) is 0.667. The highest BCUT2D eigenvalue weighted by Crippen LogP contribution is 2.30. The maximum absolute atomic E-state index is 13.2. The summed E-state index contributed by atoms with van der Waals surface area (Å²) in [6.45, 7) is 12.2. The monoisotopic (exact) mass is 387 g/mol. The normalized spacial score (nSPS) is 14.6. The molecule has 0 aliphatic heterocycles. The molecular formula is C21H35N6O. The highest BCUT2D eigenvalue weighted by atomic mass is 16.2. The molecule has 0 N–H and O–H groups in total. The summed E-state index contributed by atoms with van der Waals surface area (Å²) in [6.07, 6.45) is 9.63. The van der Waals surface area contributed by atoms with Gasteiger partial charge >= 0.3 is 6.03 Å². The molecule has 1 aromatic rings. The molecular weight excluding hydrogens is 352 g/mol. The summed E-state index contributed by atoms with van der Waals surface area (Å²) in [7, 11) is 1.90. The molecule has 1 aromatic heterocycles. The second-order valence-corrected chi connectivity index (χ2v) is 7.08. The molecule has 155 valence electrons. The predicted molar refractivity (Wildman–Crippen MR) is 117 cm³/mol. The molecule has 7 nitrogen and oxygen atoms in total. The Morgan fingerprint density at radius 2 is 1.93 bits per heavy atom. The summed E-state index contributed by atoms with van der Waals surface area (Å²) in [5.74, 6) is 1.18. The number of rotatable bonds is 9. The van der Waals surface area contributed by atoms with Crippen molar-refractivity contribution in [3.63, 3.8) is 0 Å². The fourth-order valence-electron chi connectivity index (χ4n) is 3.59. The Kier molecular flexibility index (Phi) is 8.67. The Bertz CT molecular complexity index is 652. The summed E-state index contributed by atoms with van der Waals surface area (Å²) >= 11 is 0. The smallest absolute Gasteiger partial charge is 0.324 e. The third-order valence-electron chi connectivity index (χ3n) is 5.34. The molecule has 2 rings (SSSR count). The second kappa shape index (κ2) is 11.0. The van der Waals surface area contributed by atoms with Gasteiger partial charge in [0.05, 0.1) is 6.20 Å². The lowest BCUT2D eigenvalue weighted by Gasteiger charge is -2.31. The maximum atomic E-state index is 13.2. The van der Waals surface area contributed by atoms with E-state index in [2.05, 4.69) is 40.6 Å². The van der Waals surface area contributed by atoms with Gasteiger partial charge in [0.15, 0.2) is 5.82 Å². The molecule has 0 saturated heterocycles. The minimum Gasteiger partial charge on any atom is -0.341 e. The lowest BCUT2D eigenvalue weighted by Crippen LogP contribution is -2.45. The SMILES string of the molecule is [CH2]CCC=Nc1nc(N(CC)CC)ncc1N(CC)C(=O)N(C)C1CCCC1. The number of hydrogen-bond donors (Lipinski definition) is 0. The minimum absolute atomic E-state index is 0.0119. The van der Waals surface area contributed by atoms with Gasteiger partial charge in [0.1, 0.15) is 5.69 Å². The van der Waals surface area contributed by atoms with Crippen LogP contribution in [0.5, 0.6) is 0 Å². The van der Waals surface area contributed by atoms with Crippen LogP contribution >= 0.6 is 0 Å². The Morgan fingerprint density at radius 1 is 1.25 bits per heavy atom. The van der Waals surface area contributed by atoms with Crippen molar-refractivity contribution < 1.29 is 4.79 Å². The van der Waals surface area contributed by atoms with Gasteiger partial charge < -0.3 is 9.80 Å². The first-order valence-electron chi connectivity index (χ1n) is 10.5. The van der Waals surface area contributed by atoms with E-state index in [0.29, 0.717) is 30.0 Å². The van der Waals surface area contributed by atoms with E-state index < -0.39 is 0 Å². The lowest BCUT2D eigenvalue weighted by molar-refractivity contribution is 0.198. The van der Waals surface area contributed by atoms with E-state index in [1.807, 2.05) is 25.1 Å². The highest BCUT2D eigenvalue weighted by Gasteiger charge is 2.28. The van der Waals surface area contributed by atoms with Crippen molar-refractivity contribution in [2.75, 3.05) is 36.5 Å². The number of aromatic nitrogens is 2. The van der Waals surface area contributed by atoms with Crippen molar-refractivity contribution in [3.05, 3.63) is 13.1 Å². The van der Waals surface area contributed by atoms with Gasteiger partial charge in [0, 0.05) is 38.9 Å². The molecule has 1 fully saturated rings. The predicted octanol–water partition coefficient (Wildman–Crippen LogP) is 4.46. The van der Waals surface area contributed by atoms with E-state index in [0.717, 1.165) is 38.8 Å². The Balaban J connectivity index is 2.36. The van der Waals surface area contributed by atoms with Gasteiger partial charge in [-0.2, -0.15) is 4.98 Å². The largest absolute Gasteiger partial charge is 0.341 e. The van der Waals surface area contributed by atoms with Gasteiger partial charge in [-0.15, -0.1) is 0 Å². The number of urea groups is 1. The van der Waals surface area contributed by atoms with Crippen LogP contribution < -0.4 is 9.80 Å². The van der Waals surface area contributed by atoms with E-state index in [9.17, 15) is 4.79 Å². The molecule has 0 spiro atoms. The summed E-state index contributed by atoms with van der Waals surface area (Å²) in [4.78, 5) is 32.7. The van der Waals surface area contributed by atoms with Gasteiger partial charge in [-0.05, 0) is 46.5 Å². The molecule has 7 heteroatoms. The van der Waals surface area contributed by atoms with Crippen molar-refractivity contribution in [1.29, 1.82) is 0 Å². The van der Waals surface area contributed by atoms with Crippen molar-refractivity contribution in [2.45, 2.75) is 65.3 Å². The third kappa shape index (κ3) is 5.20. The molecule has 0 aromatic carbocycles. The number of unbranched alkanes of at least 4 members (excludes halogenated alkanes) is 1. The van der Waals surface area contributed by atoms with Gasteiger partial charge in [-0.1, -0.05) is 19.8 Å². The molecule has 0 bridgehead atoms. The zero-order valence-corrected chi connectivity index (χ0v) is 17.9. The molecule has 1 aliphatic rings. The molecule has 2 amide bonds. The number of carbonyl (C=O) groups excluding carboxylic acids is 1. The maximum Gasteiger partial charge on any atom is 0.324 e. The Hall–Kier alpha value is -2.18. The van der Waals surface area contributed by atoms with Crippen LogP contribution in [0.1, 0.15) is 59.3 Å². The zero-order valence-electron chi connectivity index (χ0n) is 17.9. The zero-order chi connectivity index (χ0) is 20.5. The van der Waals surface area contributed by atoms with Crippen molar-refractivity contribution in [2.24, 2.45) is 4.99 Å². The van der Waals surface area contributed by atoms with Crippen molar-refractivity contribution in [3.8, 4) is 0 Å². The van der Waals surface area contributed by atoms with Crippen LogP contribution in [0.3, 0.4) is 0 Å². The molecule has 1 radical (unpaired) electrons. The minimum atomic E-state index is -0.0119. The second-order valence-electron chi connectivity index (χ2n) is 7.08. The van der Waals surface area contributed by atoms with E-state index in [1.54, 1.807) is 11.1 Å². The quantitative estimate of drug-likeness (QED) is 0.587. The van der Waals surface area contributed by atoms with Crippen LogP contribution in [0.4, 0.5) is 22.2 Å². The number of hydrogen-bond acceptors (Lipinski definition) is 5. The molecule has 1 aliphatic carbocycles. The Labute approximate surface area is 169 Å². The number of amides is 2. The van der Waals surface area contributed by atoms with Crippen molar-refractivity contribution >= 4 is 29.7 Å². The summed E-state index contributed by atoms with van der Waals surface area (Å²) < 4.78 is 0. The third-order valence-corrected chi connectivity index (χ3v) is 5.34. The first-order chi connectivity index (χ1) is 13.6. The standard InChI is InChI=1S/C21H35N6O/c1-6-10-15-22-19-18(16-23-20(24-19)26(7-2)8-3)27(9-4)21(28)25(5)17-13-11-12-14-17/h15-17H,1,6-14H2,2-5H3. The fourth-order valence-corrected chi connectivity index (χ4v) is 3.59. The van der Waals surface area contributed by atoms with Gasteiger partial charge in [0.2, 0.25) is 5.95 Å². The van der Waals surface area contributed by atoms with Gasteiger partial charge in [-0.3, -0.25) is 4.90 Å². The first kappa shape index (κ1) is 22.1.